The average Bonchev–Trinajstić information content (AvgIpc) is 2.51. The molecular weight excluding hydrogens is 342 g/mol. The van der Waals surface area contributed by atoms with E-state index in [2.05, 4.69) is 5.32 Å². The van der Waals surface area contributed by atoms with Crippen LogP contribution >= 0.6 is 11.6 Å². The molecule has 0 heterocycles. The average molecular weight is 363 g/mol. The van der Waals surface area contributed by atoms with Gasteiger partial charge in [-0.25, -0.2) is 0 Å². The van der Waals surface area contributed by atoms with Crippen molar-refractivity contribution in [3.63, 3.8) is 0 Å². The number of nitrogens with zero attached hydrogens (tertiary/aromatic N) is 1. The Morgan fingerprint density at radius 3 is 2.64 bits per heavy atom. The van der Waals surface area contributed by atoms with Crippen molar-refractivity contribution in [2.24, 2.45) is 0 Å². The minimum atomic E-state index is -0.482. The third-order valence-corrected chi connectivity index (χ3v) is 4.27. The third-order valence-electron chi connectivity index (χ3n) is 4.03. The van der Waals surface area contributed by atoms with E-state index in [9.17, 15) is 14.9 Å². The summed E-state index contributed by atoms with van der Waals surface area (Å²) in [7, 11) is 1.89. The maximum atomic E-state index is 12.3. The molecule has 0 aliphatic heterocycles. The van der Waals surface area contributed by atoms with Gasteiger partial charge in [0.1, 0.15) is 12.2 Å². The van der Waals surface area contributed by atoms with Crippen molar-refractivity contribution in [3.8, 4) is 0 Å². The Balaban J connectivity index is 2.07. The van der Waals surface area contributed by atoms with E-state index >= 15 is 0 Å². The summed E-state index contributed by atoms with van der Waals surface area (Å²) in [4.78, 5) is 24.0. The third kappa shape index (κ3) is 5.01. The second-order valence-electron chi connectivity index (χ2n) is 6.15. The molecule has 0 aliphatic carbocycles. The lowest BCUT2D eigenvalue weighted by Gasteiger charge is -2.15. The van der Waals surface area contributed by atoms with Gasteiger partial charge in [0.05, 0.1) is 12.0 Å². The highest BCUT2D eigenvalue weighted by Gasteiger charge is 2.21. The van der Waals surface area contributed by atoms with Crippen molar-refractivity contribution in [3.05, 3.63) is 68.2 Å². The first-order chi connectivity index (χ1) is 11.8. The molecule has 0 aromatic heterocycles. The normalized spacial score (nSPS) is 11.8. The van der Waals surface area contributed by atoms with Crippen LogP contribution in [0.4, 0.5) is 11.4 Å². The van der Waals surface area contributed by atoms with Crippen molar-refractivity contribution in [1.29, 1.82) is 0 Å². The number of benzene rings is 2. The fourth-order valence-electron chi connectivity index (χ4n) is 2.63. The number of quaternary nitrogens is 1. The maximum absolute atomic E-state index is 12.3. The Kier molecular flexibility index (Phi) is 6.12. The molecule has 1 atom stereocenters. The molecule has 2 aromatic carbocycles. The number of nitro groups is 1. The molecule has 1 amide bonds. The van der Waals surface area contributed by atoms with Gasteiger partial charge in [-0.3, -0.25) is 14.9 Å². The van der Waals surface area contributed by atoms with Crippen molar-refractivity contribution < 1.29 is 14.6 Å². The van der Waals surface area contributed by atoms with Crippen LogP contribution in [0.5, 0.6) is 0 Å². The van der Waals surface area contributed by atoms with Gasteiger partial charge in [-0.1, -0.05) is 29.8 Å². The zero-order valence-corrected chi connectivity index (χ0v) is 15.2. The fourth-order valence-corrected chi connectivity index (χ4v) is 2.84. The Hall–Kier alpha value is -2.44. The number of carbonyl (C=O) groups is 1. The molecule has 0 spiro atoms. The quantitative estimate of drug-likeness (QED) is 0.612. The SMILES string of the molecule is Cc1ccc([N+](=O)[O-])c(NC(=O)C[NH+](C)Cc2cccc(Cl)c2)c1C. The van der Waals surface area contributed by atoms with E-state index in [4.69, 9.17) is 11.6 Å². The number of hydrogen-bond donors (Lipinski definition) is 2. The highest BCUT2D eigenvalue weighted by Crippen LogP contribution is 2.29. The Labute approximate surface area is 151 Å². The van der Waals surface area contributed by atoms with Crippen LogP contribution in [0.1, 0.15) is 16.7 Å². The van der Waals surface area contributed by atoms with E-state index in [1.807, 2.05) is 32.2 Å². The van der Waals surface area contributed by atoms with Crippen molar-refractivity contribution in [2.75, 3.05) is 18.9 Å². The van der Waals surface area contributed by atoms with Crippen molar-refractivity contribution in [1.82, 2.24) is 0 Å². The van der Waals surface area contributed by atoms with Crippen LogP contribution in [0.15, 0.2) is 36.4 Å². The largest absolute Gasteiger partial charge is 0.326 e. The summed E-state index contributed by atoms with van der Waals surface area (Å²) < 4.78 is 0. The number of likely N-dealkylation sites (N-methyl/N-ethyl adjacent to an activating group) is 1. The van der Waals surface area contributed by atoms with Crippen LogP contribution in [0.25, 0.3) is 0 Å². The van der Waals surface area contributed by atoms with Gasteiger partial charge >= 0.3 is 0 Å². The van der Waals surface area contributed by atoms with Crippen LogP contribution in [0.2, 0.25) is 5.02 Å². The molecule has 2 N–H and O–H groups in total. The second-order valence-corrected chi connectivity index (χ2v) is 6.58. The van der Waals surface area contributed by atoms with Gasteiger partial charge in [-0.05, 0) is 37.1 Å². The number of aryl methyl sites for hydroxylation is 1. The number of halogens is 1. The van der Waals surface area contributed by atoms with Crippen LogP contribution in [-0.4, -0.2) is 24.4 Å². The first kappa shape index (κ1) is 18.9. The summed E-state index contributed by atoms with van der Waals surface area (Å²) in [6.45, 7) is 4.44. The minimum Gasteiger partial charge on any atom is -0.326 e. The molecule has 2 rings (SSSR count). The lowest BCUT2D eigenvalue weighted by atomic mass is 10.1. The number of amides is 1. The van der Waals surface area contributed by atoms with Crippen LogP contribution in [-0.2, 0) is 11.3 Å². The van der Waals surface area contributed by atoms with Crippen molar-refractivity contribution in [2.45, 2.75) is 20.4 Å². The van der Waals surface area contributed by atoms with E-state index in [-0.39, 0.29) is 23.8 Å². The van der Waals surface area contributed by atoms with Crippen LogP contribution < -0.4 is 10.2 Å². The molecule has 0 radical (unpaired) electrons. The van der Waals surface area contributed by atoms with E-state index in [0.29, 0.717) is 17.1 Å². The van der Waals surface area contributed by atoms with E-state index in [1.54, 1.807) is 19.1 Å². The molecule has 0 saturated heterocycles. The highest BCUT2D eigenvalue weighted by atomic mass is 35.5. The number of nitrogens with one attached hydrogen (secondary N) is 2. The molecule has 0 fully saturated rings. The number of hydrogen-bond acceptors (Lipinski definition) is 3. The lowest BCUT2D eigenvalue weighted by Crippen LogP contribution is -3.08. The first-order valence-electron chi connectivity index (χ1n) is 7.88. The second kappa shape index (κ2) is 8.09. The van der Waals surface area contributed by atoms with Gasteiger partial charge in [0.25, 0.3) is 11.6 Å². The molecule has 6 nitrogen and oxygen atoms in total. The predicted molar refractivity (Wildman–Crippen MR) is 98.1 cm³/mol. The van der Waals surface area contributed by atoms with Crippen LogP contribution in [0, 0.1) is 24.0 Å². The smallest absolute Gasteiger partial charge is 0.293 e. The molecule has 7 heteroatoms. The fraction of sp³-hybridized carbons (Fsp3) is 0.278. The molecular formula is C18H21ClN3O3+. The molecule has 0 aliphatic rings. The molecule has 0 bridgehead atoms. The minimum absolute atomic E-state index is 0.0936. The number of nitro benzene ring substituents is 1. The Bertz CT molecular complexity index is 808. The molecule has 1 unspecified atom stereocenters. The summed E-state index contributed by atoms with van der Waals surface area (Å²) in [6.07, 6.45) is 0. The number of anilines is 1. The topological polar surface area (TPSA) is 76.7 Å². The van der Waals surface area contributed by atoms with Gasteiger partial charge in [0.2, 0.25) is 0 Å². The maximum Gasteiger partial charge on any atom is 0.293 e. The summed E-state index contributed by atoms with van der Waals surface area (Å²) in [5.41, 5.74) is 2.79. The van der Waals surface area contributed by atoms with E-state index in [1.165, 1.54) is 6.07 Å². The molecule has 25 heavy (non-hydrogen) atoms. The zero-order valence-electron chi connectivity index (χ0n) is 14.4. The van der Waals surface area contributed by atoms with Gasteiger partial charge in [-0.15, -0.1) is 0 Å². The summed E-state index contributed by atoms with van der Waals surface area (Å²) in [6, 6.07) is 10.6. The van der Waals surface area contributed by atoms with Gasteiger partial charge < -0.3 is 10.2 Å². The summed E-state index contributed by atoms with van der Waals surface area (Å²) in [5.74, 6) is -0.267. The summed E-state index contributed by atoms with van der Waals surface area (Å²) >= 11 is 5.97. The van der Waals surface area contributed by atoms with Crippen LogP contribution in [0.3, 0.4) is 0 Å². The zero-order chi connectivity index (χ0) is 18.6. The Morgan fingerprint density at radius 2 is 2.00 bits per heavy atom. The molecule has 0 saturated carbocycles. The summed E-state index contributed by atoms with van der Waals surface area (Å²) in [5, 5.41) is 14.6. The monoisotopic (exact) mass is 362 g/mol. The first-order valence-corrected chi connectivity index (χ1v) is 8.26. The van der Waals surface area contributed by atoms with Gasteiger partial charge in [0.15, 0.2) is 6.54 Å². The highest BCUT2D eigenvalue weighted by molar-refractivity contribution is 6.30. The van der Waals surface area contributed by atoms with E-state index in [0.717, 1.165) is 16.0 Å². The number of carbonyl (C=O) groups excluding carboxylic acids is 1. The van der Waals surface area contributed by atoms with Gasteiger partial charge in [0, 0.05) is 16.7 Å². The number of rotatable bonds is 6. The predicted octanol–water partition coefficient (Wildman–Crippen LogP) is 2.52. The molecule has 2 aromatic rings. The standard InChI is InChI=1S/C18H20ClN3O3/c1-12-7-8-16(22(24)25)18(13(12)2)20-17(23)11-21(3)10-14-5-4-6-15(19)9-14/h4-9H,10-11H2,1-3H3,(H,20,23)/p+1. The Morgan fingerprint density at radius 1 is 1.28 bits per heavy atom. The lowest BCUT2D eigenvalue weighted by molar-refractivity contribution is -0.885. The molecule has 132 valence electrons. The van der Waals surface area contributed by atoms with E-state index < -0.39 is 4.92 Å². The van der Waals surface area contributed by atoms with Gasteiger partial charge in [-0.2, -0.15) is 0 Å². The van der Waals surface area contributed by atoms with Crippen molar-refractivity contribution >= 4 is 28.9 Å².